The number of nitro benzene ring substituents is 1. The third kappa shape index (κ3) is 3.87. The summed E-state index contributed by atoms with van der Waals surface area (Å²) in [7, 11) is 0. The van der Waals surface area contributed by atoms with Gasteiger partial charge in [-0.2, -0.15) is 11.8 Å². The molecule has 1 unspecified atom stereocenters. The molecular weight excluding hydrogens is 290 g/mol. The predicted molar refractivity (Wildman–Crippen MR) is 85.1 cm³/mol. The van der Waals surface area contributed by atoms with E-state index in [-0.39, 0.29) is 17.6 Å². The highest BCUT2D eigenvalue weighted by molar-refractivity contribution is 7.99. The summed E-state index contributed by atoms with van der Waals surface area (Å²) in [6, 6.07) is 4.72. The number of carbonyl (C=O) groups is 1. The normalized spacial score (nSPS) is 18.0. The van der Waals surface area contributed by atoms with E-state index in [1.54, 1.807) is 12.1 Å². The summed E-state index contributed by atoms with van der Waals surface area (Å²) in [5.41, 5.74) is 0.565. The second kappa shape index (κ2) is 7.31. The molecule has 2 N–H and O–H groups in total. The Hall–Kier alpha value is -1.76. The molecule has 1 aliphatic rings. The Balaban J connectivity index is 2.22. The molecule has 1 fully saturated rings. The van der Waals surface area contributed by atoms with Crippen LogP contribution in [0.15, 0.2) is 18.2 Å². The Morgan fingerprint density at radius 2 is 2.33 bits per heavy atom. The summed E-state index contributed by atoms with van der Waals surface area (Å²) in [6.07, 6.45) is 2.05. The zero-order valence-corrected chi connectivity index (χ0v) is 12.7. The van der Waals surface area contributed by atoms with Crippen LogP contribution in [-0.4, -0.2) is 34.9 Å². The number of carbonyl (C=O) groups excluding carboxylic acids is 1. The average Bonchev–Trinajstić information content (AvgIpc) is 2.48. The van der Waals surface area contributed by atoms with Gasteiger partial charge in [0.05, 0.1) is 10.5 Å². The van der Waals surface area contributed by atoms with Crippen molar-refractivity contribution in [2.45, 2.75) is 25.8 Å². The molecule has 0 aliphatic carbocycles. The van der Waals surface area contributed by atoms with Gasteiger partial charge in [-0.05, 0) is 31.6 Å². The van der Waals surface area contributed by atoms with Gasteiger partial charge in [0, 0.05) is 24.4 Å². The minimum atomic E-state index is -0.467. The second-order valence-electron chi connectivity index (χ2n) is 4.87. The Morgan fingerprint density at radius 3 is 2.95 bits per heavy atom. The molecule has 1 atom stereocenters. The molecule has 0 saturated carbocycles. The van der Waals surface area contributed by atoms with Gasteiger partial charge in [0.15, 0.2) is 0 Å². The number of nitro groups is 1. The van der Waals surface area contributed by atoms with E-state index in [1.165, 1.54) is 6.07 Å². The van der Waals surface area contributed by atoms with Crippen LogP contribution in [-0.2, 0) is 0 Å². The molecule has 6 nitrogen and oxygen atoms in total. The van der Waals surface area contributed by atoms with Gasteiger partial charge < -0.3 is 10.6 Å². The lowest BCUT2D eigenvalue weighted by atomic mass is 10.1. The number of nitrogens with one attached hydrogen (secondary N) is 2. The fourth-order valence-electron chi connectivity index (χ4n) is 2.36. The fourth-order valence-corrected chi connectivity index (χ4v) is 3.43. The largest absolute Gasteiger partial charge is 0.379 e. The highest BCUT2D eigenvalue weighted by atomic mass is 32.2. The summed E-state index contributed by atoms with van der Waals surface area (Å²) in [4.78, 5) is 23.0. The van der Waals surface area contributed by atoms with Gasteiger partial charge in [-0.15, -0.1) is 0 Å². The Morgan fingerprint density at radius 1 is 1.52 bits per heavy atom. The van der Waals surface area contributed by atoms with E-state index in [9.17, 15) is 14.9 Å². The lowest BCUT2D eigenvalue weighted by molar-refractivity contribution is -0.384. The molecule has 7 heteroatoms. The van der Waals surface area contributed by atoms with E-state index in [1.807, 2.05) is 18.7 Å². The second-order valence-corrected chi connectivity index (χ2v) is 6.02. The SMILES string of the molecule is CCNc1c(C(=O)NC2CCCSC2)cccc1[N+](=O)[O-]. The quantitative estimate of drug-likeness (QED) is 0.645. The van der Waals surface area contributed by atoms with Crippen LogP contribution in [0, 0.1) is 10.1 Å². The Kier molecular flexibility index (Phi) is 5.44. The first-order chi connectivity index (χ1) is 10.1. The molecule has 21 heavy (non-hydrogen) atoms. The van der Waals surface area contributed by atoms with Crippen molar-refractivity contribution in [1.29, 1.82) is 0 Å². The van der Waals surface area contributed by atoms with Crippen LogP contribution >= 0.6 is 11.8 Å². The average molecular weight is 309 g/mol. The van der Waals surface area contributed by atoms with Gasteiger partial charge in [0.2, 0.25) is 0 Å². The molecule has 1 amide bonds. The van der Waals surface area contributed by atoms with Crippen molar-refractivity contribution >= 4 is 29.0 Å². The minimum absolute atomic E-state index is 0.0671. The van der Waals surface area contributed by atoms with Crippen LogP contribution in [0.2, 0.25) is 0 Å². The molecule has 0 spiro atoms. The first-order valence-electron chi connectivity index (χ1n) is 7.03. The number of anilines is 1. The van der Waals surface area contributed by atoms with Crippen molar-refractivity contribution in [3.63, 3.8) is 0 Å². The van der Waals surface area contributed by atoms with E-state index >= 15 is 0 Å². The van der Waals surface area contributed by atoms with Crippen molar-refractivity contribution in [1.82, 2.24) is 5.32 Å². The number of amides is 1. The summed E-state index contributed by atoms with van der Waals surface area (Å²) in [6.45, 7) is 2.36. The standard InChI is InChI=1S/C14H19N3O3S/c1-2-15-13-11(6-3-7-12(13)17(19)20)14(18)16-10-5-4-8-21-9-10/h3,6-7,10,15H,2,4-5,8-9H2,1H3,(H,16,18). The van der Waals surface area contributed by atoms with Gasteiger partial charge in [0.1, 0.15) is 5.69 Å². The molecule has 114 valence electrons. The van der Waals surface area contributed by atoms with Gasteiger partial charge in [-0.3, -0.25) is 14.9 Å². The highest BCUT2D eigenvalue weighted by Gasteiger charge is 2.23. The Bertz CT molecular complexity index is 530. The van der Waals surface area contributed by atoms with Gasteiger partial charge in [0.25, 0.3) is 11.6 Å². The molecule has 0 aromatic heterocycles. The molecule has 2 rings (SSSR count). The maximum absolute atomic E-state index is 12.4. The summed E-state index contributed by atoms with van der Waals surface area (Å²) in [5, 5.41) is 17.0. The van der Waals surface area contributed by atoms with Crippen LogP contribution in [0.25, 0.3) is 0 Å². The van der Waals surface area contributed by atoms with E-state index in [0.717, 1.165) is 24.3 Å². The zero-order chi connectivity index (χ0) is 15.2. The molecule has 0 bridgehead atoms. The van der Waals surface area contributed by atoms with Crippen LogP contribution in [0.5, 0.6) is 0 Å². The third-order valence-electron chi connectivity index (χ3n) is 3.33. The van der Waals surface area contributed by atoms with Crippen LogP contribution in [0.4, 0.5) is 11.4 Å². The van der Waals surface area contributed by atoms with Crippen LogP contribution in [0.1, 0.15) is 30.1 Å². The monoisotopic (exact) mass is 309 g/mol. The smallest absolute Gasteiger partial charge is 0.293 e. The van der Waals surface area contributed by atoms with Crippen molar-refractivity contribution < 1.29 is 9.72 Å². The molecular formula is C14H19N3O3S. The molecule has 1 aliphatic heterocycles. The first kappa shape index (κ1) is 15.6. The molecule has 1 aromatic carbocycles. The van der Waals surface area contributed by atoms with Crippen molar-refractivity contribution in [2.24, 2.45) is 0 Å². The number of nitrogens with zero attached hydrogens (tertiary/aromatic N) is 1. The number of hydrogen-bond donors (Lipinski definition) is 2. The van der Waals surface area contributed by atoms with Gasteiger partial charge >= 0.3 is 0 Å². The lowest BCUT2D eigenvalue weighted by Crippen LogP contribution is -2.38. The van der Waals surface area contributed by atoms with Gasteiger partial charge in [-0.25, -0.2) is 0 Å². The van der Waals surface area contributed by atoms with E-state index < -0.39 is 4.92 Å². The first-order valence-corrected chi connectivity index (χ1v) is 8.18. The Labute approximate surface area is 127 Å². The number of benzene rings is 1. The number of para-hydroxylation sites is 1. The maximum Gasteiger partial charge on any atom is 0.293 e. The predicted octanol–water partition coefficient (Wildman–Crippen LogP) is 2.65. The summed E-state index contributed by atoms with van der Waals surface area (Å²) >= 11 is 1.82. The van der Waals surface area contributed by atoms with Crippen LogP contribution < -0.4 is 10.6 Å². The summed E-state index contributed by atoms with van der Waals surface area (Å²) < 4.78 is 0. The van der Waals surface area contributed by atoms with E-state index in [2.05, 4.69) is 10.6 Å². The van der Waals surface area contributed by atoms with Crippen molar-refractivity contribution in [2.75, 3.05) is 23.4 Å². The number of hydrogen-bond acceptors (Lipinski definition) is 5. The fraction of sp³-hybridized carbons (Fsp3) is 0.500. The minimum Gasteiger partial charge on any atom is -0.379 e. The summed E-state index contributed by atoms with van der Waals surface area (Å²) in [5.74, 6) is 1.78. The number of thioether (sulfide) groups is 1. The molecule has 1 aromatic rings. The van der Waals surface area contributed by atoms with Crippen molar-refractivity contribution in [3.05, 3.63) is 33.9 Å². The highest BCUT2D eigenvalue weighted by Crippen LogP contribution is 2.28. The maximum atomic E-state index is 12.4. The van der Waals surface area contributed by atoms with Gasteiger partial charge in [-0.1, -0.05) is 6.07 Å². The third-order valence-corrected chi connectivity index (χ3v) is 4.55. The topological polar surface area (TPSA) is 84.3 Å². The molecule has 1 heterocycles. The molecule has 0 radical (unpaired) electrons. The van der Waals surface area contributed by atoms with E-state index in [0.29, 0.717) is 17.8 Å². The van der Waals surface area contributed by atoms with Crippen molar-refractivity contribution in [3.8, 4) is 0 Å². The molecule has 1 saturated heterocycles. The van der Waals surface area contributed by atoms with E-state index in [4.69, 9.17) is 0 Å². The number of rotatable bonds is 5. The zero-order valence-electron chi connectivity index (χ0n) is 11.9. The van der Waals surface area contributed by atoms with Crippen LogP contribution in [0.3, 0.4) is 0 Å². The lowest BCUT2D eigenvalue weighted by Gasteiger charge is -2.23.